The van der Waals surface area contributed by atoms with Gasteiger partial charge < -0.3 is 4.74 Å². The number of ether oxygens (including phenoxy) is 1. The molecule has 0 bridgehead atoms. The highest BCUT2D eigenvalue weighted by Gasteiger charge is 2.54. The van der Waals surface area contributed by atoms with Gasteiger partial charge in [0.25, 0.3) is 0 Å². The summed E-state index contributed by atoms with van der Waals surface area (Å²) in [5, 5.41) is 0.497. The Morgan fingerprint density at radius 1 is 1.04 bits per heavy atom. The third-order valence-corrected chi connectivity index (χ3v) is 6.82. The second-order valence-corrected chi connectivity index (χ2v) is 9.23. The second-order valence-electron chi connectivity index (χ2n) is 6.64. The van der Waals surface area contributed by atoms with E-state index >= 15 is 0 Å². The third kappa shape index (κ3) is 3.26. The van der Waals surface area contributed by atoms with Crippen LogP contribution in [0.4, 0.5) is 16.2 Å². The van der Waals surface area contributed by atoms with Crippen molar-refractivity contribution in [2.45, 2.75) is 19.0 Å². The number of urea groups is 1. The summed E-state index contributed by atoms with van der Waals surface area (Å²) in [4.78, 5) is 16.4. The molecular formula is C19H19ClN2O4S. The maximum atomic E-state index is 13.2. The molecule has 4 rings (SSSR count). The van der Waals surface area contributed by atoms with Crippen LogP contribution in [-0.4, -0.2) is 44.6 Å². The van der Waals surface area contributed by atoms with E-state index in [-0.39, 0.29) is 17.5 Å². The van der Waals surface area contributed by atoms with E-state index in [2.05, 4.69) is 0 Å². The van der Waals surface area contributed by atoms with Gasteiger partial charge in [0.05, 0.1) is 30.2 Å². The number of carbonyl (C=O) groups is 1. The smallest absolute Gasteiger partial charge is 0.329 e. The predicted octanol–water partition coefficient (Wildman–Crippen LogP) is 3.35. The largest absolute Gasteiger partial charge is 0.494 e. The molecule has 0 radical (unpaired) electrons. The van der Waals surface area contributed by atoms with Gasteiger partial charge >= 0.3 is 6.03 Å². The van der Waals surface area contributed by atoms with E-state index in [1.807, 2.05) is 6.92 Å². The van der Waals surface area contributed by atoms with Crippen molar-refractivity contribution >= 4 is 38.8 Å². The Labute approximate surface area is 163 Å². The highest BCUT2D eigenvalue weighted by atomic mass is 35.5. The lowest BCUT2D eigenvalue weighted by Gasteiger charge is -2.23. The number of hydrogen-bond donors (Lipinski definition) is 0. The summed E-state index contributed by atoms with van der Waals surface area (Å²) in [5.74, 6) is 0.604. The van der Waals surface area contributed by atoms with Crippen molar-refractivity contribution in [1.29, 1.82) is 0 Å². The lowest BCUT2D eigenvalue weighted by molar-refractivity contribution is 0.255. The number of amides is 2. The van der Waals surface area contributed by atoms with Crippen molar-refractivity contribution in [2.24, 2.45) is 0 Å². The van der Waals surface area contributed by atoms with Crippen molar-refractivity contribution in [3.05, 3.63) is 53.6 Å². The summed E-state index contributed by atoms with van der Waals surface area (Å²) in [6, 6.07) is 13.0. The highest BCUT2D eigenvalue weighted by Crippen LogP contribution is 2.38. The third-order valence-electron chi connectivity index (χ3n) is 4.88. The number of nitrogens with zero attached hydrogens (tertiary/aromatic N) is 2. The van der Waals surface area contributed by atoms with Crippen molar-refractivity contribution in [2.75, 3.05) is 27.9 Å². The Morgan fingerprint density at radius 3 is 2.26 bits per heavy atom. The van der Waals surface area contributed by atoms with Gasteiger partial charge in [-0.25, -0.2) is 13.2 Å². The van der Waals surface area contributed by atoms with E-state index in [4.69, 9.17) is 16.3 Å². The minimum atomic E-state index is -3.23. The number of rotatable bonds is 4. The van der Waals surface area contributed by atoms with Crippen LogP contribution >= 0.6 is 11.6 Å². The average Bonchev–Trinajstić information content (AvgIpc) is 3.04. The molecule has 0 saturated carbocycles. The van der Waals surface area contributed by atoms with E-state index in [9.17, 15) is 13.2 Å². The molecule has 2 fully saturated rings. The van der Waals surface area contributed by atoms with Gasteiger partial charge in [-0.1, -0.05) is 17.7 Å². The number of fused-ring (bicyclic) bond motifs is 1. The van der Waals surface area contributed by atoms with Crippen LogP contribution in [0.15, 0.2) is 48.5 Å². The first-order valence-electron chi connectivity index (χ1n) is 8.71. The van der Waals surface area contributed by atoms with Crippen LogP contribution in [-0.2, 0) is 9.84 Å². The molecule has 2 aromatic rings. The van der Waals surface area contributed by atoms with E-state index in [1.165, 1.54) is 0 Å². The summed E-state index contributed by atoms with van der Waals surface area (Å²) in [5.41, 5.74) is 1.26. The molecular weight excluding hydrogens is 388 g/mol. The minimum absolute atomic E-state index is 0.0479. The number of carbonyl (C=O) groups excluding carboxylic acids is 1. The molecule has 0 aliphatic carbocycles. The maximum Gasteiger partial charge on any atom is 0.329 e. The fourth-order valence-corrected chi connectivity index (χ4v) is 5.91. The summed E-state index contributed by atoms with van der Waals surface area (Å²) in [7, 11) is -3.23. The predicted molar refractivity (Wildman–Crippen MR) is 106 cm³/mol. The summed E-state index contributed by atoms with van der Waals surface area (Å²) < 4.78 is 30.0. The highest BCUT2D eigenvalue weighted by molar-refractivity contribution is 7.91. The Balaban J connectivity index is 1.74. The van der Waals surface area contributed by atoms with Gasteiger partial charge in [0.15, 0.2) is 9.84 Å². The van der Waals surface area contributed by atoms with Crippen molar-refractivity contribution < 1.29 is 17.9 Å². The molecule has 2 aliphatic rings. The first-order valence-corrected chi connectivity index (χ1v) is 10.9. The van der Waals surface area contributed by atoms with Crippen LogP contribution in [0.2, 0.25) is 5.02 Å². The maximum absolute atomic E-state index is 13.2. The van der Waals surface area contributed by atoms with Crippen LogP contribution in [0.25, 0.3) is 0 Å². The molecule has 0 N–H and O–H groups in total. The second kappa shape index (κ2) is 6.73. The van der Waals surface area contributed by atoms with E-state index in [1.54, 1.807) is 58.3 Å². The van der Waals surface area contributed by atoms with Crippen LogP contribution in [0, 0.1) is 0 Å². The normalized spacial score (nSPS) is 23.6. The molecule has 8 heteroatoms. The number of hydrogen-bond acceptors (Lipinski definition) is 4. The topological polar surface area (TPSA) is 66.9 Å². The van der Waals surface area contributed by atoms with Crippen LogP contribution < -0.4 is 14.5 Å². The first kappa shape index (κ1) is 18.1. The minimum Gasteiger partial charge on any atom is -0.494 e. The Kier molecular flexibility index (Phi) is 4.52. The molecule has 142 valence electrons. The number of benzene rings is 2. The molecule has 0 spiro atoms. The van der Waals surface area contributed by atoms with Gasteiger partial charge in [0.2, 0.25) is 0 Å². The van der Waals surface area contributed by atoms with Crippen LogP contribution in [0.5, 0.6) is 5.75 Å². The first-order chi connectivity index (χ1) is 12.9. The lowest BCUT2D eigenvalue weighted by atomic mass is 10.1. The fraction of sp³-hybridized carbons (Fsp3) is 0.316. The molecule has 0 aromatic heterocycles. The average molecular weight is 407 g/mol. The molecule has 2 atom stereocenters. The standard InChI is InChI=1S/C19H19ClN2O4S/c1-2-26-16-8-6-14(7-9-16)21-17-11-27(24,25)12-18(17)22(19(21)23)15-5-3-4-13(20)10-15/h3-10,17-18H,2,11-12H2,1H3. The summed E-state index contributed by atoms with van der Waals surface area (Å²) in [6.07, 6.45) is 0. The van der Waals surface area contributed by atoms with E-state index in [0.29, 0.717) is 28.8 Å². The molecule has 2 unspecified atom stereocenters. The van der Waals surface area contributed by atoms with Gasteiger partial charge in [0, 0.05) is 16.4 Å². The van der Waals surface area contributed by atoms with Crippen LogP contribution in [0.1, 0.15) is 6.92 Å². The van der Waals surface area contributed by atoms with Gasteiger partial charge in [-0.2, -0.15) is 0 Å². The molecule has 2 aliphatic heterocycles. The lowest BCUT2D eigenvalue weighted by Crippen LogP contribution is -2.37. The molecule has 2 saturated heterocycles. The fourth-order valence-electron chi connectivity index (χ4n) is 3.80. The SMILES string of the molecule is CCOc1ccc(N2C(=O)N(c3cccc(Cl)c3)C3CS(=O)(=O)CC32)cc1. The van der Waals surface area contributed by atoms with Gasteiger partial charge in [0.1, 0.15) is 5.75 Å². The van der Waals surface area contributed by atoms with Gasteiger partial charge in [-0.05, 0) is 49.4 Å². The Hall–Kier alpha value is -2.25. The number of anilines is 2. The zero-order valence-corrected chi connectivity index (χ0v) is 16.3. The summed E-state index contributed by atoms with van der Waals surface area (Å²) in [6.45, 7) is 2.45. The van der Waals surface area contributed by atoms with Gasteiger partial charge in [-0.3, -0.25) is 9.80 Å². The number of sulfone groups is 1. The molecule has 2 heterocycles. The monoisotopic (exact) mass is 406 g/mol. The van der Waals surface area contributed by atoms with Gasteiger partial charge in [-0.15, -0.1) is 0 Å². The van der Waals surface area contributed by atoms with Crippen LogP contribution in [0.3, 0.4) is 0 Å². The molecule has 27 heavy (non-hydrogen) atoms. The Morgan fingerprint density at radius 2 is 1.67 bits per heavy atom. The molecule has 2 amide bonds. The number of halogens is 1. The van der Waals surface area contributed by atoms with E-state index < -0.39 is 21.9 Å². The molecule has 6 nitrogen and oxygen atoms in total. The zero-order chi connectivity index (χ0) is 19.2. The summed E-state index contributed by atoms with van der Waals surface area (Å²) >= 11 is 6.09. The zero-order valence-electron chi connectivity index (χ0n) is 14.7. The Bertz CT molecular complexity index is 977. The molecule has 2 aromatic carbocycles. The van der Waals surface area contributed by atoms with E-state index in [0.717, 1.165) is 0 Å². The van der Waals surface area contributed by atoms with Crippen molar-refractivity contribution in [3.63, 3.8) is 0 Å². The van der Waals surface area contributed by atoms with Crippen molar-refractivity contribution in [3.8, 4) is 5.75 Å². The van der Waals surface area contributed by atoms with Crippen molar-refractivity contribution in [1.82, 2.24) is 0 Å². The quantitative estimate of drug-likeness (QED) is 0.730.